The van der Waals surface area contributed by atoms with E-state index in [1.807, 2.05) is 6.92 Å². The molecule has 0 unspecified atom stereocenters. The van der Waals surface area contributed by atoms with Gasteiger partial charge in [-0.1, -0.05) is 68.4 Å². The smallest absolute Gasteiger partial charge is 0.407 e. The molecule has 3 nitrogen and oxygen atoms in total. The largest absolute Gasteiger partial charge is 0.450 e. The number of unbranched alkanes of at least 4 members (excludes halogenated alkanes) is 5. The first-order chi connectivity index (χ1) is 12.8. The maximum atomic E-state index is 11.1. The number of carbonyl (C=O) groups excluding carboxylic acids is 1. The Morgan fingerprint density at radius 3 is 1.73 bits per heavy atom. The lowest BCUT2D eigenvalue weighted by Crippen LogP contribution is -2.25. The third kappa shape index (κ3) is 20.3. The van der Waals surface area contributed by atoms with E-state index in [-0.39, 0.29) is 6.09 Å². The van der Waals surface area contributed by atoms with Crippen LogP contribution in [0.4, 0.5) is 4.79 Å². The first kappa shape index (κ1) is 24.2. The average Bonchev–Trinajstić information content (AvgIpc) is 2.64. The van der Waals surface area contributed by atoms with Gasteiger partial charge in [0.25, 0.3) is 0 Å². The molecule has 26 heavy (non-hydrogen) atoms. The summed E-state index contributed by atoms with van der Waals surface area (Å²) in [4.78, 5) is 11.1. The third-order valence-electron chi connectivity index (χ3n) is 3.80. The number of allylic oxidation sites excluding steroid dienone is 8. The van der Waals surface area contributed by atoms with Crippen molar-refractivity contribution in [1.82, 2.24) is 5.32 Å². The molecular formula is C23H39NO2. The summed E-state index contributed by atoms with van der Waals surface area (Å²) in [5.74, 6) is 0. The second-order valence-corrected chi connectivity index (χ2v) is 6.23. The summed E-state index contributed by atoms with van der Waals surface area (Å²) in [6, 6.07) is 0. The van der Waals surface area contributed by atoms with Crippen LogP contribution in [0.15, 0.2) is 48.6 Å². The summed E-state index contributed by atoms with van der Waals surface area (Å²) in [7, 11) is 0. The van der Waals surface area contributed by atoms with Crippen LogP contribution in [0.2, 0.25) is 0 Å². The molecule has 0 aromatic carbocycles. The van der Waals surface area contributed by atoms with Crippen LogP contribution in [-0.2, 0) is 4.74 Å². The quantitative estimate of drug-likeness (QED) is 0.240. The molecule has 0 aromatic heterocycles. The van der Waals surface area contributed by atoms with E-state index in [0.29, 0.717) is 13.2 Å². The number of hydrogen-bond acceptors (Lipinski definition) is 2. The van der Waals surface area contributed by atoms with Crippen LogP contribution in [-0.4, -0.2) is 19.2 Å². The highest BCUT2D eigenvalue weighted by atomic mass is 16.5. The van der Waals surface area contributed by atoms with Gasteiger partial charge in [-0.15, -0.1) is 0 Å². The monoisotopic (exact) mass is 361 g/mol. The van der Waals surface area contributed by atoms with Crippen molar-refractivity contribution < 1.29 is 9.53 Å². The van der Waals surface area contributed by atoms with Crippen molar-refractivity contribution in [2.45, 2.75) is 78.1 Å². The van der Waals surface area contributed by atoms with Gasteiger partial charge >= 0.3 is 6.09 Å². The summed E-state index contributed by atoms with van der Waals surface area (Å²) in [6.07, 6.45) is 28.9. The van der Waals surface area contributed by atoms with Crippen molar-refractivity contribution in [2.75, 3.05) is 13.2 Å². The average molecular weight is 362 g/mol. The van der Waals surface area contributed by atoms with E-state index >= 15 is 0 Å². The number of alkyl carbamates (subject to hydrolysis) is 1. The molecule has 0 spiro atoms. The minimum Gasteiger partial charge on any atom is -0.450 e. The number of rotatable bonds is 16. The minimum absolute atomic E-state index is 0.315. The van der Waals surface area contributed by atoms with Gasteiger partial charge < -0.3 is 10.1 Å². The fourth-order valence-corrected chi connectivity index (χ4v) is 2.32. The van der Waals surface area contributed by atoms with Crippen molar-refractivity contribution in [3.8, 4) is 0 Å². The summed E-state index contributed by atoms with van der Waals surface area (Å²) >= 11 is 0. The predicted octanol–water partition coefficient (Wildman–Crippen LogP) is 6.88. The van der Waals surface area contributed by atoms with Crippen LogP contribution >= 0.6 is 0 Å². The lowest BCUT2D eigenvalue weighted by molar-refractivity contribution is 0.152. The third-order valence-corrected chi connectivity index (χ3v) is 3.80. The molecule has 0 heterocycles. The van der Waals surface area contributed by atoms with Crippen LogP contribution in [0.25, 0.3) is 0 Å². The molecule has 0 fully saturated rings. The van der Waals surface area contributed by atoms with E-state index in [1.165, 1.54) is 25.7 Å². The minimum atomic E-state index is -0.315. The Hall–Kier alpha value is -1.77. The van der Waals surface area contributed by atoms with Crippen molar-refractivity contribution in [3.63, 3.8) is 0 Å². The van der Waals surface area contributed by atoms with Gasteiger partial charge in [-0.3, -0.25) is 0 Å². The first-order valence-electron chi connectivity index (χ1n) is 10.3. The standard InChI is InChI=1S/C23H39NO2/c1-3-5-6-7-8-9-10-11-12-13-14-15-16-17-18-19-20-21-22-24-23(25)26-4-2/h8-9,11-12,14-15,17-18H,3-7,10,13,16,19-22H2,1-2H3,(H,24,25)/b9-8-,12-11-,15-14-,18-17-. The summed E-state index contributed by atoms with van der Waals surface area (Å²) in [5, 5.41) is 2.73. The predicted molar refractivity (Wildman–Crippen MR) is 113 cm³/mol. The lowest BCUT2D eigenvalue weighted by atomic mass is 10.2. The molecule has 0 saturated carbocycles. The zero-order valence-corrected chi connectivity index (χ0v) is 16.9. The van der Waals surface area contributed by atoms with Gasteiger partial charge in [0.2, 0.25) is 0 Å². The van der Waals surface area contributed by atoms with Crippen LogP contribution in [0.5, 0.6) is 0 Å². The summed E-state index contributed by atoms with van der Waals surface area (Å²) < 4.78 is 4.80. The highest BCUT2D eigenvalue weighted by Gasteiger charge is 1.96. The Labute approximate surface area is 161 Å². The number of carbonyl (C=O) groups is 1. The van der Waals surface area contributed by atoms with Crippen LogP contribution < -0.4 is 5.32 Å². The van der Waals surface area contributed by atoms with Crippen LogP contribution in [0.1, 0.15) is 78.1 Å². The highest BCUT2D eigenvalue weighted by Crippen LogP contribution is 2.01. The molecule has 0 bridgehead atoms. The maximum absolute atomic E-state index is 11.1. The van der Waals surface area contributed by atoms with Gasteiger partial charge in [0.1, 0.15) is 0 Å². The van der Waals surface area contributed by atoms with Crippen LogP contribution in [0, 0.1) is 0 Å². The van der Waals surface area contributed by atoms with E-state index in [4.69, 9.17) is 4.74 Å². The molecule has 3 heteroatoms. The fourth-order valence-electron chi connectivity index (χ4n) is 2.32. The van der Waals surface area contributed by atoms with Crippen molar-refractivity contribution in [1.29, 1.82) is 0 Å². The molecule has 0 radical (unpaired) electrons. The number of nitrogens with one attached hydrogen (secondary N) is 1. The van der Waals surface area contributed by atoms with Crippen molar-refractivity contribution >= 4 is 6.09 Å². The molecule has 1 amide bonds. The molecule has 0 aliphatic rings. The fraction of sp³-hybridized carbons (Fsp3) is 0.609. The number of ether oxygens (including phenoxy) is 1. The van der Waals surface area contributed by atoms with E-state index in [2.05, 4.69) is 60.8 Å². The molecule has 0 aliphatic heterocycles. The van der Waals surface area contributed by atoms with Crippen molar-refractivity contribution in [2.24, 2.45) is 0 Å². The molecule has 0 aromatic rings. The Balaban J connectivity index is 3.40. The van der Waals surface area contributed by atoms with Crippen LogP contribution in [0.3, 0.4) is 0 Å². The number of hydrogen-bond donors (Lipinski definition) is 1. The van der Waals surface area contributed by atoms with Gasteiger partial charge in [-0.25, -0.2) is 4.79 Å². The van der Waals surface area contributed by atoms with Gasteiger partial charge in [0.05, 0.1) is 6.61 Å². The van der Waals surface area contributed by atoms with Crippen molar-refractivity contribution in [3.05, 3.63) is 48.6 Å². The lowest BCUT2D eigenvalue weighted by Gasteiger charge is -2.03. The molecule has 0 saturated heterocycles. The maximum Gasteiger partial charge on any atom is 0.407 e. The summed E-state index contributed by atoms with van der Waals surface area (Å²) in [5.41, 5.74) is 0. The first-order valence-corrected chi connectivity index (χ1v) is 10.3. The van der Waals surface area contributed by atoms with E-state index in [9.17, 15) is 4.79 Å². The zero-order chi connectivity index (χ0) is 19.1. The Morgan fingerprint density at radius 2 is 1.23 bits per heavy atom. The Bertz CT molecular complexity index is 422. The topological polar surface area (TPSA) is 38.3 Å². The molecule has 0 aliphatic carbocycles. The Morgan fingerprint density at radius 1 is 0.731 bits per heavy atom. The highest BCUT2D eigenvalue weighted by molar-refractivity contribution is 5.66. The van der Waals surface area contributed by atoms with Gasteiger partial charge in [0, 0.05) is 6.54 Å². The second-order valence-electron chi connectivity index (χ2n) is 6.23. The van der Waals surface area contributed by atoms with E-state index < -0.39 is 0 Å². The molecule has 1 N–H and O–H groups in total. The molecule has 148 valence electrons. The summed E-state index contributed by atoms with van der Waals surface area (Å²) in [6.45, 7) is 5.16. The molecular weight excluding hydrogens is 322 g/mol. The van der Waals surface area contributed by atoms with Gasteiger partial charge in [-0.2, -0.15) is 0 Å². The van der Waals surface area contributed by atoms with E-state index in [1.54, 1.807) is 0 Å². The van der Waals surface area contributed by atoms with E-state index in [0.717, 1.165) is 38.5 Å². The Kier molecular flexibility index (Phi) is 19.8. The van der Waals surface area contributed by atoms with Gasteiger partial charge in [-0.05, 0) is 58.3 Å². The second kappa shape index (κ2) is 21.3. The molecule has 0 atom stereocenters. The number of amides is 1. The zero-order valence-electron chi connectivity index (χ0n) is 16.9. The molecule has 0 rings (SSSR count). The SMILES string of the molecule is CCCCC/C=C\C/C=C\C/C=C\C/C=C\CCCCNC(=O)OCC. The normalized spacial score (nSPS) is 12.1. The van der Waals surface area contributed by atoms with Gasteiger partial charge in [0.15, 0.2) is 0 Å².